The van der Waals surface area contributed by atoms with Crippen LogP contribution in [-0.4, -0.2) is 11.8 Å². The van der Waals surface area contributed by atoms with Gasteiger partial charge in [0.05, 0.1) is 0 Å². The SMILES string of the molecule is CCCC(N)CCCCS. The summed E-state index contributed by atoms with van der Waals surface area (Å²) in [6.07, 6.45) is 6.01. The van der Waals surface area contributed by atoms with Gasteiger partial charge in [0.1, 0.15) is 0 Å². The molecule has 0 aliphatic carbocycles. The van der Waals surface area contributed by atoms with Crippen LogP contribution < -0.4 is 5.73 Å². The summed E-state index contributed by atoms with van der Waals surface area (Å²) in [6.45, 7) is 2.18. The highest BCUT2D eigenvalue weighted by atomic mass is 32.1. The van der Waals surface area contributed by atoms with Gasteiger partial charge in [0.25, 0.3) is 0 Å². The van der Waals surface area contributed by atoms with E-state index in [9.17, 15) is 0 Å². The first-order valence-electron chi connectivity index (χ1n) is 4.17. The summed E-state index contributed by atoms with van der Waals surface area (Å²) < 4.78 is 0. The van der Waals surface area contributed by atoms with E-state index < -0.39 is 0 Å². The molecule has 62 valence electrons. The molecule has 2 N–H and O–H groups in total. The Bertz CT molecular complexity index is 66.3. The summed E-state index contributed by atoms with van der Waals surface area (Å²) in [7, 11) is 0. The summed E-state index contributed by atoms with van der Waals surface area (Å²) in [6, 6.07) is 0.435. The average molecular weight is 161 g/mol. The Morgan fingerprint density at radius 3 is 2.50 bits per heavy atom. The van der Waals surface area contributed by atoms with Gasteiger partial charge in [0.2, 0.25) is 0 Å². The van der Waals surface area contributed by atoms with Crippen LogP contribution in [0.15, 0.2) is 0 Å². The van der Waals surface area contributed by atoms with Gasteiger partial charge in [-0.3, -0.25) is 0 Å². The predicted molar refractivity (Wildman–Crippen MR) is 50.6 cm³/mol. The lowest BCUT2D eigenvalue weighted by molar-refractivity contribution is 0.536. The third-order valence-corrected chi connectivity index (χ3v) is 1.96. The summed E-state index contributed by atoms with van der Waals surface area (Å²) in [4.78, 5) is 0. The molecule has 0 aliphatic heterocycles. The minimum Gasteiger partial charge on any atom is -0.328 e. The minimum atomic E-state index is 0.435. The largest absolute Gasteiger partial charge is 0.328 e. The van der Waals surface area contributed by atoms with Gasteiger partial charge in [-0.05, 0) is 25.0 Å². The zero-order valence-corrected chi connectivity index (χ0v) is 7.74. The van der Waals surface area contributed by atoms with E-state index in [1.807, 2.05) is 0 Å². The standard InChI is InChI=1S/C8H19NS/c1-2-5-8(9)6-3-4-7-10/h8,10H,2-7,9H2,1H3. The van der Waals surface area contributed by atoms with Crippen LogP contribution in [0.3, 0.4) is 0 Å². The van der Waals surface area contributed by atoms with Crippen LogP contribution in [0.25, 0.3) is 0 Å². The second kappa shape index (κ2) is 7.42. The monoisotopic (exact) mass is 161 g/mol. The molecule has 0 heterocycles. The molecule has 0 saturated carbocycles. The van der Waals surface area contributed by atoms with Crippen molar-refractivity contribution in [2.75, 3.05) is 5.75 Å². The van der Waals surface area contributed by atoms with E-state index >= 15 is 0 Å². The van der Waals surface area contributed by atoms with Crippen LogP contribution >= 0.6 is 12.6 Å². The van der Waals surface area contributed by atoms with Crippen molar-refractivity contribution in [3.05, 3.63) is 0 Å². The Kier molecular flexibility index (Phi) is 7.65. The van der Waals surface area contributed by atoms with Gasteiger partial charge in [-0.15, -0.1) is 0 Å². The Balaban J connectivity index is 2.97. The van der Waals surface area contributed by atoms with Crippen molar-refractivity contribution < 1.29 is 0 Å². The van der Waals surface area contributed by atoms with E-state index in [2.05, 4.69) is 19.6 Å². The molecule has 1 unspecified atom stereocenters. The molecule has 0 rings (SSSR count). The molecule has 0 radical (unpaired) electrons. The molecule has 0 fully saturated rings. The van der Waals surface area contributed by atoms with Crippen LogP contribution in [0.2, 0.25) is 0 Å². The Hall–Kier alpha value is 0.310. The van der Waals surface area contributed by atoms with Crippen molar-refractivity contribution in [2.45, 2.75) is 45.1 Å². The summed E-state index contributed by atoms with van der Waals surface area (Å²) in [5.74, 6) is 0.999. The minimum absolute atomic E-state index is 0.435. The van der Waals surface area contributed by atoms with Crippen LogP contribution in [-0.2, 0) is 0 Å². The number of rotatable bonds is 6. The first-order chi connectivity index (χ1) is 4.81. The lowest BCUT2D eigenvalue weighted by atomic mass is 10.1. The number of hydrogen-bond donors (Lipinski definition) is 2. The Morgan fingerprint density at radius 2 is 2.00 bits per heavy atom. The maximum absolute atomic E-state index is 5.80. The van der Waals surface area contributed by atoms with E-state index in [4.69, 9.17) is 5.73 Å². The topological polar surface area (TPSA) is 26.0 Å². The number of hydrogen-bond acceptors (Lipinski definition) is 2. The molecule has 0 bridgehead atoms. The third-order valence-electron chi connectivity index (χ3n) is 1.64. The van der Waals surface area contributed by atoms with Crippen LogP contribution in [0.5, 0.6) is 0 Å². The quantitative estimate of drug-likeness (QED) is 0.453. The van der Waals surface area contributed by atoms with Gasteiger partial charge < -0.3 is 5.73 Å². The summed E-state index contributed by atoms with van der Waals surface area (Å²) >= 11 is 4.13. The van der Waals surface area contributed by atoms with Crippen molar-refractivity contribution >= 4 is 12.6 Å². The lowest BCUT2D eigenvalue weighted by Crippen LogP contribution is -2.18. The Labute approximate surface area is 69.8 Å². The molecule has 0 aromatic carbocycles. The normalized spacial score (nSPS) is 13.5. The van der Waals surface area contributed by atoms with Gasteiger partial charge in [-0.2, -0.15) is 12.6 Å². The summed E-state index contributed by atoms with van der Waals surface area (Å²) in [5.41, 5.74) is 5.80. The number of unbranched alkanes of at least 4 members (excludes halogenated alkanes) is 1. The molecule has 2 heteroatoms. The fourth-order valence-corrected chi connectivity index (χ4v) is 1.26. The maximum Gasteiger partial charge on any atom is 0.00387 e. The molecule has 0 spiro atoms. The van der Waals surface area contributed by atoms with E-state index in [1.54, 1.807) is 0 Å². The van der Waals surface area contributed by atoms with Gasteiger partial charge >= 0.3 is 0 Å². The second-order valence-corrected chi connectivity index (χ2v) is 3.22. The van der Waals surface area contributed by atoms with Gasteiger partial charge in [-0.25, -0.2) is 0 Å². The summed E-state index contributed by atoms with van der Waals surface area (Å²) in [5, 5.41) is 0. The van der Waals surface area contributed by atoms with Crippen molar-refractivity contribution in [2.24, 2.45) is 5.73 Å². The molecule has 1 nitrogen and oxygen atoms in total. The first-order valence-corrected chi connectivity index (χ1v) is 4.81. The zero-order valence-electron chi connectivity index (χ0n) is 6.84. The zero-order chi connectivity index (χ0) is 7.82. The molecule has 0 amide bonds. The molecular formula is C8H19NS. The van der Waals surface area contributed by atoms with Crippen LogP contribution in [0, 0.1) is 0 Å². The Morgan fingerprint density at radius 1 is 1.30 bits per heavy atom. The average Bonchev–Trinajstić information content (AvgIpc) is 1.89. The first kappa shape index (κ1) is 10.3. The maximum atomic E-state index is 5.80. The van der Waals surface area contributed by atoms with Crippen molar-refractivity contribution in [1.29, 1.82) is 0 Å². The highest BCUT2D eigenvalue weighted by molar-refractivity contribution is 7.80. The number of thiol groups is 1. The highest BCUT2D eigenvalue weighted by Gasteiger charge is 1.98. The van der Waals surface area contributed by atoms with E-state index in [0.717, 1.165) is 5.75 Å². The van der Waals surface area contributed by atoms with Crippen molar-refractivity contribution in [1.82, 2.24) is 0 Å². The van der Waals surface area contributed by atoms with Crippen LogP contribution in [0.1, 0.15) is 39.0 Å². The van der Waals surface area contributed by atoms with Gasteiger partial charge in [-0.1, -0.05) is 19.8 Å². The van der Waals surface area contributed by atoms with E-state index in [0.29, 0.717) is 6.04 Å². The van der Waals surface area contributed by atoms with Gasteiger partial charge in [0, 0.05) is 6.04 Å². The van der Waals surface area contributed by atoms with Crippen LogP contribution in [0.4, 0.5) is 0 Å². The van der Waals surface area contributed by atoms with Crippen molar-refractivity contribution in [3.63, 3.8) is 0 Å². The van der Waals surface area contributed by atoms with Gasteiger partial charge in [0.15, 0.2) is 0 Å². The molecular weight excluding hydrogens is 142 g/mol. The molecule has 0 saturated heterocycles. The molecule has 0 aromatic rings. The smallest absolute Gasteiger partial charge is 0.00387 e. The highest BCUT2D eigenvalue weighted by Crippen LogP contribution is 2.04. The lowest BCUT2D eigenvalue weighted by Gasteiger charge is -2.08. The van der Waals surface area contributed by atoms with E-state index in [1.165, 1.54) is 32.1 Å². The molecule has 0 aromatic heterocycles. The predicted octanol–water partition coefficient (Wildman–Crippen LogP) is 2.21. The molecule has 10 heavy (non-hydrogen) atoms. The fourth-order valence-electron chi connectivity index (χ4n) is 1.03. The number of nitrogens with two attached hydrogens (primary N) is 1. The fraction of sp³-hybridized carbons (Fsp3) is 1.00. The molecule has 0 aliphatic rings. The van der Waals surface area contributed by atoms with Crippen molar-refractivity contribution in [3.8, 4) is 0 Å². The molecule has 1 atom stereocenters. The van der Waals surface area contributed by atoms with E-state index in [-0.39, 0.29) is 0 Å². The second-order valence-electron chi connectivity index (χ2n) is 2.77. The third kappa shape index (κ3) is 6.43.